The number of guanidine groups is 1. The first-order valence-corrected chi connectivity index (χ1v) is 11.3. The van der Waals surface area contributed by atoms with Crippen molar-refractivity contribution in [3.63, 3.8) is 0 Å². The van der Waals surface area contributed by atoms with Crippen molar-refractivity contribution in [3.05, 3.63) is 70.8 Å². The molecular formula is C25H33N5O2. The molecule has 1 fully saturated rings. The fraction of sp³-hybridized carbons (Fsp3) is 0.400. The van der Waals surface area contributed by atoms with Gasteiger partial charge in [-0.3, -0.25) is 9.59 Å². The molecule has 1 aliphatic rings. The molecule has 2 amide bonds. The minimum Gasteiger partial charge on any atom is -0.357 e. The Morgan fingerprint density at radius 2 is 1.84 bits per heavy atom. The number of carbonyl (C=O) groups is 2. The lowest BCUT2D eigenvalue weighted by molar-refractivity contribution is -0.128. The predicted octanol–water partition coefficient (Wildman–Crippen LogP) is 2.47. The SMILES string of the molecule is CCNC(=NCc1ccc(CN2CCCC2=O)cc1)NCCc1cccc(C(=O)NC)c1. The minimum atomic E-state index is -0.0761. The summed E-state index contributed by atoms with van der Waals surface area (Å²) in [6, 6.07) is 16.0. The summed E-state index contributed by atoms with van der Waals surface area (Å²) in [7, 11) is 1.64. The first-order valence-electron chi connectivity index (χ1n) is 11.3. The van der Waals surface area contributed by atoms with Crippen LogP contribution in [-0.2, 0) is 24.3 Å². The van der Waals surface area contributed by atoms with Crippen molar-refractivity contribution >= 4 is 17.8 Å². The summed E-state index contributed by atoms with van der Waals surface area (Å²) >= 11 is 0. The van der Waals surface area contributed by atoms with E-state index in [2.05, 4.69) is 45.2 Å². The molecule has 0 spiro atoms. The Balaban J connectivity index is 1.51. The van der Waals surface area contributed by atoms with Gasteiger partial charge in [0.25, 0.3) is 5.91 Å². The molecular weight excluding hydrogens is 402 g/mol. The lowest BCUT2D eigenvalue weighted by Gasteiger charge is -2.15. The van der Waals surface area contributed by atoms with Gasteiger partial charge in [-0.15, -0.1) is 0 Å². The number of aliphatic imine (C=N–C) groups is 1. The van der Waals surface area contributed by atoms with Gasteiger partial charge in [0.1, 0.15) is 0 Å². The van der Waals surface area contributed by atoms with Gasteiger partial charge in [0.2, 0.25) is 5.91 Å². The molecule has 0 atom stereocenters. The molecule has 1 saturated heterocycles. The van der Waals surface area contributed by atoms with Crippen LogP contribution in [0.25, 0.3) is 0 Å². The summed E-state index contributed by atoms with van der Waals surface area (Å²) in [5, 5.41) is 9.29. The maximum Gasteiger partial charge on any atom is 0.251 e. The van der Waals surface area contributed by atoms with Crippen LogP contribution in [0.2, 0.25) is 0 Å². The highest BCUT2D eigenvalue weighted by molar-refractivity contribution is 5.94. The van der Waals surface area contributed by atoms with Crippen molar-refractivity contribution in [2.75, 3.05) is 26.7 Å². The average Bonchev–Trinajstić information content (AvgIpc) is 3.22. The molecule has 0 aromatic heterocycles. The number of amides is 2. The van der Waals surface area contributed by atoms with Gasteiger partial charge in [-0.1, -0.05) is 36.4 Å². The highest BCUT2D eigenvalue weighted by atomic mass is 16.2. The zero-order chi connectivity index (χ0) is 22.8. The lowest BCUT2D eigenvalue weighted by atomic mass is 10.1. The van der Waals surface area contributed by atoms with Gasteiger partial charge >= 0.3 is 0 Å². The lowest BCUT2D eigenvalue weighted by Crippen LogP contribution is -2.38. The third-order valence-electron chi connectivity index (χ3n) is 5.45. The maximum atomic E-state index is 11.8. The molecule has 7 nitrogen and oxygen atoms in total. The normalized spacial score (nSPS) is 13.9. The smallest absolute Gasteiger partial charge is 0.251 e. The molecule has 0 unspecified atom stereocenters. The molecule has 0 saturated carbocycles. The summed E-state index contributed by atoms with van der Waals surface area (Å²) in [6.07, 6.45) is 2.43. The van der Waals surface area contributed by atoms with Crippen LogP contribution in [0.15, 0.2) is 53.5 Å². The van der Waals surface area contributed by atoms with Crippen LogP contribution >= 0.6 is 0 Å². The van der Waals surface area contributed by atoms with Gasteiger partial charge in [0.15, 0.2) is 5.96 Å². The van der Waals surface area contributed by atoms with Gasteiger partial charge in [-0.2, -0.15) is 0 Å². The van der Waals surface area contributed by atoms with Crippen molar-refractivity contribution in [2.24, 2.45) is 4.99 Å². The van der Waals surface area contributed by atoms with Gasteiger partial charge in [0, 0.05) is 45.2 Å². The zero-order valence-corrected chi connectivity index (χ0v) is 19.0. The molecule has 1 heterocycles. The number of rotatable bonds is 9. The Kier molecular flexibility index (Phi) is 8.66. The first kappa shape index (κ1) is 23.3. The van der Waals surface area contributed by atoms with E-state index in [-0.39, 0.29) is 11.8 Å². The predicted molar refractivity (Wildman–Crippen MR) is 127 cm³/mol. The van der Waals surface area contributed by atoms with Crippen molar-refractivity contribution in [1.82, 2.24) is 20.9 Å². The third kappa shape index (κ3) is 6.83. The van der Waals surface area contributed by atoms with Crippen LogP contribution in [0.3, 0.4) is 0 Å². The van der Waals surface area contributed by atoms with Crippen LogP contribution in [-0.4, -0.2) is 49.4 Å². The van der Waals surface area contributed by atoms with Gasteiger partial charge in [-0.25, -0.2) is 4.99 Å². The number of nitrogens with zero attached hydrogens (tertiary/aromatic N) is 2. The number of hydrogen-bond acceptors (Lipinski definition) is 3. The molecule has 2 aromatic rings. The minimum absolute atomic E-state index is 0.0761. The Morgan fingerprint density at radius 3 is 2.53 bits per heavy atom. The second-order valence-electron chi connectivity index (χ2n) is 7.89. The van der Waals surface area contributed by atoms with Crippen LogP contribution in [0.5, 0.6) is 0 Å². The molecule has 0 aliphatic carbocycles. The zero-order valence-electron chi connectivity index (χ0n) is 19.0. The summed E-state index contributed by atoms with van der Waals surface area (Å²) in [6.45, 7) is 5.65. The molecule has 7 heteroatoms. The topological polar surface area (TPSA) is 85.8 Å². The quantitative estimate of drug-likeness (QED) is 0.417. The van der Waals surface area contributed by atoms with Crippen molar-refractivity contribution < 1.29 is 9.59 Å². The Morgan fingerprint density at radius 1 is 1.06 bits per heavy atom. The molecule has 3 N–H and O–H groups in total. The summed E-state index contributed by atoms with van der Waals surface area (Å²) in [5.74, 6) is 0.940. The van der Waals surface area contributed by atoms with Crippen LogP contribution < -0.4 is 16.0 Å². The fourth-order valence-corrected chi connectivity index (χ4v) is 3.69. The van der Waals surface area contributed by atoms with Crippen LogP contribution in [0, 0.1) is 0 Å². The van der Waals surface area contributed by atoms with E-state index >= 15 is 0 Å². The van der Waals surface area contributed by atoms with E-state index in [0.717, 1.165) is 48.6 Å². The van der Waals surface area contributed by atoms with Gasteiger partial charge < -0.3 is 20.9 Å². The number of nitrogens with one attached hydrogen (secondary N) is 3. The number of likely N-dealkylation sites (tertiary alicyclic amines) is 1. The molecule has 170 valence electrons. The van der Waals surface area contributed by atoms with Crippen molar-refractivity contribution in [2.45, 2.75) is 39.3 Å². The van der Waals surface area contributed by atoms with E-state index in [0.29, 0.717) is 31.6 Å². The Bertz CT molecular complexity index is 940. The highest BCUT2D eigenvalue weighted by Crippen LogP contribution is 2.15. The van der Waals surface area contributed by atoms with Crippen molar-refractivity contribution in [1.29, 1.82) is 0 Å². The van der Waals surface area contributed by atoms with E-state index in [9.17, 15) is 9.59 Å². The Hall–Kier alpha value is -3.35. The largest absolute Gasteiger partial charge is 0.357 e. The molecule has 3 rings (SSSR count). The summed E-state index contributed by atoms with van der Waals surface area (Å²) < 4.78 is 0. The monoisotopic (exact) mass is 435 g/mol. The van der Waals surface area contributed by atoms with Crippen LogP contribution in [0.1, 0.15) is 46.8 Å². The average molecular weight is 436 g/mol. The van der Waals surface area contributed by atoms with Gasteiger partial charge in [0.05, 0.1) is 6.54 Å². The van der Waals surface area contributed by atoms with E-state index in [1.54, 1.807) is 7.05 Å². The molecule has 0 bridgehead atoms. The van der Waals surface area contributed by atoms with E-state index in [1.807, 2.05) is 36.1 Å². The molecule has 2 aromatic carbocycles. The van der Waals surface area contributed by atoms with E-state index in [1.165, 1.54) is 0 Å². The summed E-state index contributed by atoms with van der Waals surface area (Å²) in [5.41, 5.74) is 4.04. The third-order valence-corrected chi connectivity index (χ3v) is 5.45. The van der Waals surface area contributed by atoms with E-state index in [4.69, 9.17) is 0 Å². The van der Waals surface area contributed by atoms with E-state index < -0.39 is 0 Å². The van der Waals surface area contributed by atoms with Gasteiger partial charge in [-0.05, 0) is 48.6 Å². The standard InChI is InChI=1S/C25H33N5O2/c1-3-27-25(28-14-13-19-6-4-7-22(16-19)24(32)26-2)29-17-20-9-11-21(12-10-20)18-30-15-5-8-23(30)31/h4,6-7,9-12,16H,3,5,8,13-15,17-18H2,1-2H3,(H,26,32)(H2,27,28,29). The first-order chi connectivity index (χ1) is 15.6. The second-order valence-corrected chi connectivity index (χ2v) is 7.89. The number of benzene rings is 2. The molecule has 32 heavy (non-hydrogen) atoms. The highest BCUT2D eigenvalue weighted by Gasteiger charge is 2.19. The summed E-state index contributed by atoms with van der Waals surface area (Å²) in [4.78, 5) is 30.2. The number of carbonyl (C=O) groups excluding carboxylic acids is 2. The maximum absolute atomic E-state index is 11.8. The molecule has 0 radical (unpaired) electrons. The molecule has 1 aliphatic heterocycles. The van der Waals surface area contributed by atoms with Crippen LogP contribution in [0.4, 0.5) is 0 Å². The Labute approximate surface area is 190 Å². The fourth-order valence-electron chi connectivity index (χ4n) is 3.69. The van der Waals surface area contributed by atoms with Crippen molar-refractivity contribution in [3.8, 4) is 0 Å². The second kappa shape index (κ2) is 11.9. The number of hydrogen-bond donors (Lipinski definition) is 3.